The Hall–Kier alpha value is -2.46. The Morgan fingerprint density at radius 3 is 2.67 bits per heavy atom. The van der Waals surface area contributed by atoms with Gasteiger partial charge in [0, 0.05) is 11.8 Å². The predicted molar refractivity (Wildman–Crippen MR) is 88.7 cm³/mol. The molecule has 0 bridgehead atoms. The minimum absolute atomic E-state index is 0.0947. The SMILES string of the molecule is Cc1cc(C)c(C#N)c(SC(C)C(=O)Nc2ccc(F)cc2F)n1. The topological polar surface area (TPSA) is 65.8 Å². The van der Waals surface area contributed by atoms with E-state index in [1.807, 2.05) is 0 Å². The van der Waals surface area contributed by atoms with Crippen LogP contribution in [-0.4, -0.2) is 16.1 Å². The number of carbonyl (C=O) groups excluding carboxylic acids is 1. The molecule has 7 heteroatoms. The van der Waals surface area contributed by atoms with Gasteiger partial charge in [0.2, 0.25) is 5.91 Å². The molecular weight excluding hydrogens is 332 g/mol. The van der Waals surface area contributed by atoms with Crippen molar-refractivity contribution < 1.29 is 13.6 Å². The van der Waals surface area contributed by atoms with E-state index in [0.29, 0.717) is 16.7 Å². The Kier molecular flexibility index (Phi) is 5.52. The molecule has 2 rings (SSSR count). The zero-order valence-corrected chi connectivity index (χ0v) is 14.2. The second-order valence-electron chi connectivity index (χ2n) is 5.25. The third-order valence-corrected chi connectivity index (χ3v) is 4.36. The number of halogens is 2. The van der Waals surface area contributed by atoms with E-state index in [0.717, 1.165) is 35.2 Å². The van der Waals surface area contributed by atoms with Crippen molar-refractivity contribution in [2.75, 3.05) is 5.32 Å². The Labute approximate surface area is 142 Å². The molecule has 1 N–H and O–H groups in total. The van der Waals surface area contributed by atoms with Gasteiger partial charge >= 0.3 is 0 Å². The molecule has 0 aliphatic rings. The van der Waals surface area contributed by atoms with Crippen LogP contribution in [0.3, 0.4) is 0 Å². The molecule has 0 fully saturated rings. The van der Waals surface area contributed by atoms with E-state index in [2.05, 4.69) is 16.4 Å². The number of anilines is 1. The summed E-state index contributed by atoms with van der Waals surface area (Å²) in [6.45, 7) is 5.23. The standard InChI is InChI=1S/C17H15F2N3OS/c1-9-6-10(2)21-17(13(9)8-20)24-11(3)16(23)22-15-5-4-12(18)7-14(15)19/h4-7,11H,1-3H3,(H,22,23). The molecular formula is C17H15F2N3OS. The number of hydrogen-bond donors (Lipinski definition) is 1. The van der Waals surface area contributed by atoms with Gasteiger partial charge < -0.3 is 5.32 Å². The zero-order chi connectivity index (χ0) is 17.9. The first-order chi connectivity index (χ1) is 11.3. The highest BCUT2D eigenvalue weighted by molar-refractivity contribution is 8.00. The first kappa shape index (κ1) is 17.9. The molecule has 124 valence electrons. The van der Waals surface area contributed by atoms with Gasteiger partial charge in [-0.3, -0.25) is 4.79 Å². The summed E-state index contributed by atoms with van der Waals surface area (Å²) in [5.41, 5.74) is 1.84. The van der Waals surface area contributed by atoms with Crippen molar-refractivity contribution in [1.29, 1.82) is 5.26 Å². The van der Waals surface area contributed by atoms with Gasteiger partial charge in [-0.1, -0.05) is 11.8 Å². The summed E-state index contributed by atoms with van der Waals surface area (Å²) < 4.78 is 26.5. The maximum absolute atomic E-state index is 13.6. The number of aromatic nitrogens is 1. The fourth-order valence-electron chi connectivity index (χ4n) is 2.07. The van der Waals surface area contributed by atoms with Crippen LogP contribution in [0.4, 0.5) is 14.5 Å². The summed E-state index contributed by atoms with van der Waals surface area (Å²) in [7, 11) is 0. The van der Waals surface area contributed by atoms with E-state index in [1.54, 1.807) is 26.8 Å². The normalized spacial score (nSPS) is 11.7. The van der Waals surface area contributed by atoms with E-state index < -0.39 is 22.8 Å². The van der Waals surface area contributed by atoms with Crippen LogP contribution < -0.4 is 5.32 Å². The summed E-state index contributed by atoms with van der Waals surface area (Å²) >= 11 is 1.12. The summed E-state index contributed by atoms with van der Waals surface area (Å²) in [6.07, 6.45) is 0. The van der Waals surface area contributed by atoms with Gasteiger partial charge in [-0.15, -0.1) is 0 Å². The molecule has 4 nitrogen and oxygen atoms in total. The van der Waals surface area contributed by atoms with Crippen molar-refractivity contribution in [3.8, 4) is 6.07 Å². The first-order valence-electron chi connectivity index (χ1n) is 7.12. The number of nitrogens with zero attached hydrogens (tertiary/aromatic N) is 2. The average molecular weight is 347 g/mol. The third kappa shape index (κ3) is 4.09. The zero-order valence-electron chi connectivity index (χ0n) is 13.4. The lowest BCUT2D eigenvalue weighted by molar-refractivity contribution is -0.115. The Balaban J connectivity index is 2.16. The number of pyridine rings is 1. The summed E-state index contributed by atoms with van der Waals surface area (Å²) in [6, 6.07) is 6.81. The van der Waals surface area contributed by atoms with Crippen molar-refractivity contribution in [3.05, 3.63) is 52.7 Å². The van der Waals surface area contributed by atoms with Crippen LogP contribution in [0.15, 0.2) is 29.3 Å². The second-order valence-corrected chi connectivity index (χ2v) is 6.58. The van der Waals surface area contributed by atoms with E-state index in [1.165, 1.54) is 0 Å². The molecule has 1 aromatic carbocycles. The lowest BCUT2D eigenvalue weighted by atomic mass is 10.1. The molecule has 1 unspecified atom stereocenters. The Morgan fingerprint density at radius 2 is 2.04 bits per heavy atom. The highest BCUT2D eigenvalue weighted by Gasteiger charge is 2.20. The molecule has 24 heavy (non-hydrogen) atoms. The van der Waals surface area contributed by atoms with Crippen molar-refractivity contribution in [2.45, 2.75) is 31.0 Å². The van der Waals surface area contributed by atoms with Crippen LogP contribution in [0.2, 0.25) is 0 Å². The number of nitriles is 1. The monoisotopic (exact) mass is 347 g/mol. The smallest absolute Gasteiger partial charge is 0.237 e. The summed E-state index contributed by atoms with van der Waals surface area (Å²) in [5.74, 6) is -2.02. The lowest BCUT2D eigenvalue weighted by Crippen LogP contribution is -2.23. The van der Waals surface area contributed by atoms with Gasteiger partial charge in [0.05, 0.1) is 16.5 Å². The van der Waals surface area contributed by atoms with Crippen LogP contribution in [0.5, 0.6) is 0 Å². The second kappa shape index (κ2) is 7.41. The molecule has 0 aliphatic heterocycles. The number of benzene rings is 1. The van der Waals surface area contributed by atoms with E-state index in [9.17, 15) is 18.8 Å². The summed E-state index contributed by atoms with van der Waals surface area (Å²) in [5, 5.41) is 11.5. The van der Waals surface area contributed by atoms with Gasteiger partial charge in [0.15, 0.2) is 0 Å². The molecule has 1 heterocycles. The van der Waals surface area contributed by atoms with Gasteiger partial charge in [-0.05, 0) is 44.5 Å². The molecule has 1 amide bonds. The molecule has 0 aliphatic carbocycles. The maximum atomic E-state index is 13.6. The minimum atomic E-state index is -0.845. The number of aryl methyl sites for hydroxylation is 2. The quantitative estimate of drug-likeness (QED) is 0.850. The van der Waals surface area contributed by atoms with Crippen molar-refractivity contribution in [2.24, 2.45) is 0 Å². The highest BCUT2D eigenvalue weighted by atomic mass is 32.2. The molecule has 0 saturated carbocycles. The fraction of sp³-hybridized carbons (Fsp3) is 0.235. The van der Waals surface area contributed by atoms with Crippen LogP contribution in [0.1, 0.15) is 23.7 Å². The largest absolute Gasteiger partial charge is 0.323 e. The third-order valence-electron chi connectivity index (χ3n) is 3.27. The van der Waals surface area contributed by atoms with Gasteiger partial charge in [-0.2, -0.15) is 5.26 Å². The average Bonchev–Trinajstić information content (AvgIpc) is 2.49. The van der Waals surface area contributed by atoms with Crippen molar-refractivity contribution in [3.63, 3.8) is 0 Å². The molecule has 0 saturated heterocycles. The Morgan fingerprint density at radius 1 is 1.33 bits per heavy atom. The number of hydrogen-bond acceptors (Lipinski definition) is 4. The van der Waals surface area contributed by atoms with Crippen molar-refractivity contribution in [1.82, 2.24) is 4.98 Å². The van der Waals surface area contributed by atoms with Crippen molar-refractivity contribution >= 4 is 23.4 Å². The van der Waals surface area contributed by atoms with Crippen LogP contribution in [0, 0.1) is 36.8 Å². The summed E-state index contributed by atoms with van der Waals surface area (Å²) in [4.78, 5) is 16.5. The van der Waals surface area contributed by atoms with E-state index in [4.69, 9.17) is 0 Å². The lowest BCUT2D eigenvalue weighted by Gasteiger charge is -2.14. The molecule has 1 aromatic heterocycles. The van der Waals surface area contributed by atoms with E-state index in [-0.39, 0.29) is 5.69 Å². The van der Waals surface area contributed by atoms with Gasteiger partial charge in [0.25, 0.3) is 0 Å². The van der Waals surface area contributed by atoms with Crippen LogP contribution in [0.25, 0.3) is 0 Å². The molecule has 2 aromatic rings. The van der Waals surface area contributed by atoms with Gasteiger partial charge in [-0.25, -0.2) is 13.8 Å². The van der Waals surface area contributed by atoms with Crippen LogP contribution >= 0.6 is 11.8 Å². The predicted octanol–water partition coefficient (Wildman–Crippen LogP) is 3.97. The number of amides is 1. The fourth-order valence-corrected chi connectivity index (χ4v) is 3.09. The molecule has 1 atom stereocenters. The number of thioether (sulfide) groups is 1. The minimum Gasteiger partial charge on any atom is -0.323 e. The van der Waals surface area contributed by atoms with Crippen LogP contribution in [-0.2, 0) is 4.79 Å². The number of nitrogens with one attached hydrogen (secondary N) is 1. The molecule has 0 radical (unpaired) electrons. The molecule has 0 spiro atoms. The highest BCUT2D eigenvalue weighted by Crippen LogP contribution is 2.28. The number of rotatable bonds is 4. The Bertz CT molecular complexity index is 833. The number of carbonyl (C=O) groups is 1. The van der Waals surface area contributed by atoms with Gasteiger partial charge in [0.1, 0.15) is 22.7 Å². The van der Waals surface area contributed by atoms with E-state index >= 15 is 0 Å². The first-order valence-corrected chi connectivity index (χ1v) is 8.00. The maximum Gasteiger partial charge on any atom is 0.237 e.